The average molecular weight is 399 g/mol. The van der Waals surface area contributed by atoms with E-state index in [1.807, 2.05) is 0 Å². The van der Waals surface area contributed by atoms with Crippen LogP contribution in [-0.2, 0) is 21.7 Å². The molecule has 130 valence electrons. The highest BCUT2D eigenvalue weighted by atomic mass is 35.5. The molecule has 0 saturated carbocycles. The number of hydrogen-bond donors (Lipinski definition) is 1. The van der Waals surface area contributed by atoms with Gasteiger partial charge in [0.15, 0.2) is 5.60 Å². The van der Waals surface area contributed by atoms with Gasteiger partial charge in [0.2, 0.25) is 0 Å². The average Bonchev–Trinajstić information content (AvgIpc) is 2.75. The minimum atomic E-state index is -2.04. The van der Waals surface area contributed by atoms with E-state index in [0.29, 0.717) is 16.3 Å². The van der Waals surface area contributed by atoms with Crippen LogP contribution >= 0.6 is 34.8 Å². The van der Waals surface area contributed by atoms with Crippen molar-refractivity contribution in [3.63, 3.8) is 0 Å². The number of halogens is 3. The SMILES string of the molecule is CC(=O)CC1(O)C(=O)N(Cc2ccccc2Cl)c2c(Cl)ccc(Cl)c21. The first-order valence-electron chi connectivity index (χ1n) is 7.51. The van der Waals surface area contributed by atoms with Gasteiger partial charge in [-0.05, 0) is 30.7 Å². The van der Waals surface area contributed by atoms with Crippen LogP contribution in [0.1, 0.15) is 24.5 Å². The van der Waals surface area contributed by atoms with Crippen LogP contribution in [0.5, 0.6) is 0 Å². The Hall–Kier alpha value is -1.59. The van der Waals surface area contributed by atoms with E-state index in [4.69, 9.17) is 34.8 Å². The van der Waals surface area contributed by atoms with Crippen molar-refractivity contribution < 1.29 is 14.7 Å². The minimum Gasteiger partial charge on any atom is -0.375 e. The molecule has 1 N–H and O–H groups in total. The molecular formula is C18H14Cl3NO3. The summed E-state index contributed by atoms with van der Waals surface area (Å²) in [5.41, 5.74) is -0.881. The number of amides is 1. The third-order valence-corrected chi connectivity index (χ3v) is 5.14. The highest BCUT2D eigenvalue weighted by Crippen LogP contribution is 2.50. The summed E-state index contributed by atoms with van der Waals surface area (Å²) < 4.78 is 0. The molecule has 0 aromatic heterocycles. The lowest BCUT2D eigenvalue weighted by Crippen LogP contribution is -2.41. The van der Waals surface area contributed by atoms with Gasteiger partial charge in [0.05, 0.1) is 17.3 Å². The second kappa shape index (κ2) is 6.61. The van der Waals surface area contributed by atoms with Crippen LogP contribution in [0.4, 0.5) is 5.69 Å². The Morgan fingerprint density at radius 3 is 2.36 bits per heavy atom. The molecule has 1 aliphatic heterocycles. The van der Waals surface area contributed by atoms with Gasteiger partial charge in [0, 0.05) is 22.0 Å². The Labute approximate surface area is 159 Å². The van der Waals surface area contributed by atoms with Gasteiger partial charge in [-0.3, -0.25) is 9.59 Å². The molecule has 1 atom stereocenters. The van der Waals surface area contributed by atoms with E-state index in [2.05, 4.69) is 0 Å². The maximum absolute atomic E-state index is 13.0. The highest BCUT2D eigenvalue weighted by Gasteiger charge is 2.52. The molecule has 1 unspecified atom stereocenters. The first-order valence-corrected chi connectivity index (χ1v) is 8.64. The summed E-state index contributed by atoms with van der Waals surface area (Å²) in [7, 11) is 0. The van der Waals surface area contributed by atoms with E-state index in [1.54, 1.807) is 30.3 Å². The van der Waals surface area contributed by atoms with Gasteiger partial charge in [0.1, 0.15) is 5.78 Å². The molecule has 2 aromatic rings. The molecule has 3 rings (SSSR count). The Kier molecular flexibility index (Phi) is 4.82. The second-order valence-corrected chi connectivity index (χ2v) is 7.20. The number of Topliss-reactive ketones (excluding diaryl/α,β-unsaturated/α-hetero) is 1. The molecule has 1 amide bonds. The monoisotopic (exact) mass is 397 g/mol. The van der Waals surface area contributed by atoms with Crippen LogP contribution in [-0.4, -0.2) is 16.8 Å². The summed E-state index contributed by atoms with van der Waals surface area (Å²) >= 11 is 18.7. The van der Waals surface area contributed by atoms with E-state index in [9.17, 15) is 14.7 Å². The molecule has 25 heavy (non-hydrogen) atoms. The fourth-order valence-corrected chi connectivity index (χ4v) is 3.87. The van der Waals surface area contributed by atoms with Gasteiger partial charge in [-0.15, -0.1) is 0 Å². The van der Waals surface area contributed by atoms with Crippen molar-refractivity contribution >= 4 is 52.2 Å². The predicted molar refractivity (Wildman–Crippen MR) is 98.3 cm³/mol. The number of hydrogen-bond acceptors (Lipinski definition) is 3. The zero-order valence-electron chi connectivity index (χ0n) is 13.2. The number of carbonyl (C=O) groups is 2. The molecular weight excluding hydrogens is 385 g/mol. The van der Waals surface area contributed by atoms with Crippen LogP contribution < -0.4 is 4.90 Å². The van der Waals surface area contributed by atoms with Crippen molar-refractivity contribution in [2.24, 2.45) is 0 Å². The molecule has 0 saturated heterocycles. The Balaban J connectivity index is 2.16. The Morgan fingerprint density at radius 1 is 1.08 bits per heavy atom. The van der Waals surface area contributed by atoms with Crippen LogP contribution in [0.2, 0.25) is 15.1 Å². The van der Waals surface area contributed by atoms with Crippen molar-refractivity contribution in [3.05, 3.63) is 62.6 Å². The fraction of sp³-hybridized carbons (Fsp3) is 0.222. The standard InChI is InChI=1S/C18H14Cl3NO3/c1-10(23)8-18(25)15-13(20)6-7-14(21)16(15)22(17(18)24)9-11-4-2-3-5-12(11)19/h2-7,25H,8-9H2,1H3. The zero-order valence-corrected chi connectivity index (χ0v) is 15.5. The summed E-state index contributed by atoms with van der Waals surface area (Å²) in [4.78, 5) is 26.0. The van der Waals surface area contributed by atoms with Gasteiger partial charge in [-0.1, -0.05) is 53.0 Å². The zero-order chi connectivity index (χ0) is 18.4. The van der Waals surface area contributed by atoms with E-state index in [1.165, 1.54) is 17.9 Å². The van der Waals surface area contributed by atoms with Gasteiger partial charge in [-0.25, -0.2) is 0 Å². The molecule has 1 aliphatic rings. The van der Waals surface area contributed by atoms with Crippen molar-refractivity contribution in [2.45, 2.75) is 25.5 Å². The van der Waals surface area contributed by atoms with Crippen molar-refractivity contribution in [1.29, 1.82) is 0 Å². The third-order valence-electron chi connectivity index (χ3n) is 4.15. The number of rotatable bonds is 4. The molecule has 1 heterocycles. The largest absolute Gasteiger partial charge is 0.375 e. The number of nitrogens with zero attached hydrogens (tertiary/aromatic N) is 1. The smallest absolute Gasteiger partial charge is 0.264 e. The van der Waals surface area contributed by atoms with Crippen molar-refractivity contribution in [2.75, 3.05) is 4.90 Å². The van der Waals surface area contributed by atoms with E-state index < -0.39 is 11.5 Å². The molecule has 0 fully saturated rings. The number of anilines is 1. The summed E-state index contributed by atoms with van der Waals surface area (Å²) in [5.74, 6) is -0.981. The summed E-state index contributed by atoms with van der Waals surface area (Å²) in [5, 5.41) is 11.9. The van der Waals surface area contributed by atoms with Crippen LogP contribution in [0.3, 0.4) is 0 Å². The molecule has 0 bridgehead atoms. The molecule has 0 spiro atoms. The van der Waals surface area contributed by atoms with Gasteiger partial charge in [0.25, 0.3) is 5.91 Å². The number of benzene rings is 2. The maximum atomic E-state index is 13.0. The molecule has 7 heteroatoms. The van der Waals surface area contributed by atoms with Gasteiger partial charge >= 0.3 is 0 Å². The van der Waals surface area contributed by atoms with Gasteiger partial charge in [-0.2, -0.15) is 0 Å². The first-order chi connectivity index (χ1) is 11.8. The normalized spacial score (nSPS) is 19.2. The molecule has 4 nitrogen and oxygen atoms in total. The van der Waals surface area contributed by atoms with Crippen molar-refractivity contribution in [3.8, 4) is 0 Å². The maximum Gasteiger partial charge on any atom is 0.264 e. The minimum absolute atomic E-state index is 0.103. The van der Waals surface area contributed by atoms with E-state index in [-0.39, 0.29) is 34.4 Å². The predicted octanol–water partition coefficient (Wildman–Crippen LogP) is 4.36. The van der Waals surface area contributed by atoms with Gasteiger partial charge < -0.3 is 10.0 Å². The number of aliphatic hydroxyl groups is 1. The summed E-state index contributed by atoms with van der Waals surface area (Å²) in [6.45, 7) is 1.41. The molecule has 0 radical (unpaired) electrons. The molecule has 2 aromatic carbocycles. The van der Waals surface area contributed by atoms with Crippen molar-refractivity contribution in [1.82, 2.24) is 0 Å². The second-order valence-electron chi connectivity index (χ2n) is 5.97. The van der Waals surface area contributed by atoms with Crippen LogP contribution in [0.15, 0.2) is 36.4 Å². The fourth-order valence-electron chi connectivity index (χ4n) is 3.10. The quantitative estimate of drug-likeness (QED) is 0.832. The van der Waals surface area contributed by atoms with Crippen LogP contribution in [0.25, 0.3) is 0 Å². The number of ketones is 1. The summed E-state index contributed by atoms with van der Waals surface area (Å²) in [6.07, 6.45) is -0.377. The van der Waals surface area contributed by atoms with E-state index in [0.717, 1.165) is 0 Å². The first kappa shape index (κ1) is 18.2. The third kappa shape index (κ3) is 3.04. The highest BCUT2D eigenvalue weighted by molar-refractivity contribution is 6.38. The lowest BCUT2D eigenvalue weighted by atomic mass is 9.90. The number of fused-ring (bicyclic) bond motifs is 1. The summed E-state index contributed by atoms with van der Waals surface area (Å²) in [6, 6.07) is 10.1. The Morgan fingerprint density at radius 2 is 1.72 bits per heavy atom. The lowest BCUT2D eigenvalue weighted by Gasteiger charge is -2.22. The topological polar surface area (TPSA) is 57.6 Å². The lowest BCUT2D eigenvalue weighted by molar-refractivity contribution is -0.141. The van der Waals surface area contributed by atoms with E-state index >= 15 is 0 Å². The molecule has 0 aliphatic carbocycles. The van der Waals surface area contributed by atoms with Crippen LogP contribution in [0, 0.1) is 0 Å². The number of carbonyl (C=O) groups excluding carboxylic acids is 2. The Bertz CT molecular complexity index is 884.